The number of methoxy groups -OCH3 is 1. The smallest absolute Gasteiger partial charge is 0.120 e. The van der Waals surface area contributed by atoms with Crippen LogP contribution >= 0.6 is 11.6 Å². The molecule has 0 radical (unpaired) electrons. The fourth-order valence-electron chi connectivity index (χ4n) is 2.85. The van der Waals surface area contributed by atoms with Gasteiger partial charge in [0.1, 0.15) is 11.5 Å². The van der Waals surface area contributed by atoms with Gasteiger partial charge in [-0.15, -0.1) is 0 Å². The first-order chi connectivity index (χ1) is 11.2. The van der Waals surface area contributed by atoms with Gasteiger partial charge in [-0.05, 0) is 42.0 Å². The van der Waals surface area contributed by atoms with E-state index >= 15 is 0 Å². The number of halogens is 1. The molecular formula is C18H21ClN2O2. The summed E-state index contributed by atoms with van der Waals surface area (Å²) >= 11 is 6.33. The Kier molecular flexibility index (Phi) is 4.94. The van der Waals surface area contributed by atoms with Crippen LogP contribution in [0.3, 0.4) is 0 Å². The van der Waals surface area contributed by atoms with E-state index in [2.05, 4.69) is 9.80 Å². The highest BCUT2D eigenvalue weighted by molar-refractivity contribution is 6.31. The SMILES string of the molecule is COc1ccc(CN2CCN(c3ccc(O)cc3)CC2)c(Cl)c1. The Labute approximate surface area is 141 Å². The van der Waals surface area contributed by atoms with Crippen molar-refractivity contribution >= 4 is 17.3 Å². The molecule has 4 nitrogen and oxygen atoms in total. The molecule has 0 aliphatic carbocycles. The van der Waals surface area contributed by atoms with Gasteiger partial charge in [-0.3, -0.25) is 4.90 Å². The third-order valence-electron chi connectivity index (χ3n) is 4.24. The molecule has 0 bridgehead atoms. The van der Waals surface area contributed by atoms with E-state index in [4.69, 9.17) is 16.3 Å². The average molecular weight is 333 g/mol. The normalized spacial score (nSPS) is 15.7. The summed E-state index contributed by atoms with van der Waals surface area (Å²) in [4.78, 5) is 4.75. The summed E-state index contributed by atoms with van der Waals surface area (Å²) in [5.41, 5.74) is 2.29. The summed E-state index contributed by atoms with van der Waals surface area (Å²) in [5, 5.41) is 10.1. The third-order valence-corrected chi connectivity index (χ3v) is 4.59. The highest BCUT2D eigenvalue weighted by Crippen LogP contribution is 2.25. The summed E-state index contributed by atoms with van der Waals surface area (Å²) in [5.74, 6) is 1.09. The van der Waals surface area contributed by atoms with Gasteiger partial charge in [0.25, 0.3) is 0 Å². The number of aromatic hydroxyl groups is 1. The van der Waals surface area contributed by atoms with E-state index in [1.807, 2.05) is 30.3 Å². The van der Waals surface area contributed by atoms with Crippen LogP contribution in [-0.2, 0) is 6.54 Å². The first kappa shape index (κ1) is 16.0. The number of hydrogen-bond donors (Lipinski definition) is 1. The van der Waals surface area contributed by atoms with E-state index in [-0.39, 0.29) is 0 Å². The van der Waals surface area contributed by atoms with E-state index in [0.29, 0.717) is 5.75 Å². The van der Waals surface area contributed by atoms with E-state index < -0.39 is 0 Å². The standard InChI is InChI=1S/C18H21ClN2O2/c1-23-17-7-2-14(18(19)12-17)13-20-8-10-21(11-9-20)15-3-5-16(22)6-4-15/h2-7,12,22H,8-11,13H2,1H3. The number of phenolic OH excluding ortho intramolecular Hbond substituents is 1. The van der Waals surface area contributed by atoms with Crippen molar-refractivity contribution in [3.05, 3.63) is 53.1 Å². The molecule has 0 saturated carbocycles. The second-order valence-electron chi connectivity index (χ2n) is 5.74. The van der Waals surface area contributed by atoms with Gasteiger partial charge in [0.05, 0.1) is 7.11 Å². The van der Waals surface area contributed by atoms with Gasteiger partial charge in [-0.2, -0.15) is 0 Å². The van der Waals surface area contributed by atoms with Gasteiger partial charge < -0.3 is 14.7 Å². The molecule has 5 heteroatoms. The Morgan fingerprint density at radius 2 is 1.74 bits per heavy atom. The molecule has 2 aromatic carbocycles. The molecule has 122 valence electrons. The summed E-state index contributed by atoms with van der Waals surface area (Å²) in [6, 6.07) is 13.2. The Morgan fingerprint density at radius 3 is 2.35 bits per heavy atom. The number of piperazine rings is 1. The van der Waals surface area contributed by atoms with Crippen molar-refractivity contribution in [2.45, 2.75) is 6.54 Å². The lowest BCUT2D eigenvalue weighted by atomic mass is 10.1. The third kappa shape index (κ3) is 3.89. The van der Waals surface area contributed by atoms with Gasteiger partial charge >= 0.3 is 0 Å². The number of phenols is 1. The lowest BCUT2D eigenvalue weighted by Crippen LogP contribution is -2.45. The van der Waals surface area contributed by atoms with Crippen molar-refractivity contribution in [3.63, 3.8) is 0 Å². The van der Waals surface area contributed by atoms with Crippen LogP contribution in [0.2, 0.25) is 5.02 Å². The maximum atomic E-state index is 9.38. The minimum absolute atomic E-state index is 0.307. The Bertz CT molecular complexity index is 653. The van der Waals surface area contributed by atoms with Gasteiger partial charge in [0.15, 0.2) is 0 Å². The minimum Gasteiger partial charge on any atom is -0.508 e. The van der Waals surface area contributed by atoms with Crippen LogP contribution in [-0.4, -0.2) is 43.3 Å². The minimum atomic E-state index is 0.307. The molecule has 1 heterocycles. The van der Waals surface area contributed by atoms with Crippen molar-refractivity contribution < 1.29 is 9.84 Å². The maximum Gasteiger partial charge on any atom is 0.120 e. The van der Waals surface area contributed by atoms with Crippen molar-refractivity contribution in [1.29, 1.82) is 0 Å². The van der Waals surface area contributed by atoms with Crippen LogP contribution in [0, 0.1) is 0 Å². The van der Waals surface area contributed by atoms with Gasteiger partial charge in [-0.1, -0.05) is 17.7 Å². The van der Waals surface area contributed by atoms with Crippen LogP contribution < -0.4 is 9.64 Å². The number of benzene rings is 2. The zero-order chi connectivity index (χ0) is 16.2. The Morgan fingerprint density at radius 1 is 1.04 bits per heavy atom. The van der Waals surface area contributed by atoms with Crippen LogP contribution in [0.15, 0.2) is 42.5 Å². The molecule has 1 fully saturated rings. The number of ether oxygens (including phenoxy) is 1. The van der Waals surface area contributed by atoms with E-state index in [9.17, 15) is 5.11 Å². The fraction of sp³-hybridized carbons (Fsp3) is 0.333. The number of hydrogen-bond acceptors (Lipinski definition) is 4. The molecule has 1 saturated heterocycles. The quantitative estimate of drug-likeness (QED) is 0.931. The second kappa shape index (κ2) is 7.11. The molecule has 3 rings (SSSR count). The molecule has 23 heavy (non-hydrogen) atoms. The molecule has 1 aliphatic rings. The maximum absolute atomic E-state index is 9.38. The predicted molar refractivity (Wildman–Crippen MR) is 93.6 cm³/mol. The monoisotopic (exact) mass is 332 g/mol. The van der Waals surface area contributed by atoms with Gasteiger partial charge in [-0.25, -0.2) is 0 Å². The first-order valence-corrected chi connectivity index (χ1v) is 8.12. The zero-order valence-electron chi connectivity index (χ0n) is 13.2. The second-order valence-corrected chi connectivity index (χ2v) is 6.14. The lowest BCUT2D eigenvalue weighted by molar-refractivity contribution is 0.250. The van der Waals surface area contributed by atoms with E-state index in [1.165, 1.54) is 0 Å². The van der Waals surface area contributed by atoms with Crippen molar-refractivity contribution in [1.82, 2.24) is 4.90 Å². The molecule has 0 atom stereocenters. The van der Waals surface area contributed by atoms with Crippen LogP contribution in [0.5, 0.6) is 11.5 Å². The largest absolute Gasteiger partial charge is 0.508 e. The van der Waals surface area contributed by atoms with Gasteiger partial charge in [0.2, 0.25) is 0 Å². The molecule has 0 unspecified atom stereocenters. The summed E-state index contributed by atoms with van der Waals surface area (Å²) in [6.45, 7) is 4.77. The molecule has 2 aromatic rings. The molecule has 0 aromatic heterocycles. The molecular weight excluding hydrogens is 312 g/mol. The molecule has 0 spiro atoms. The fourth-order valence-corrected chi connectivity index (χ4v) is 3.08. The van der Waals surface area contributed by atoms with Crippen molar-refractivity contribution in [2.75, 3.05) is 38.2 Å². The lowest BCUT2D eigenvalue weighted by Gasteiger charge is -2.36. The van der Waals surface area contributed by atoms with Crippen molar-refractivity contribution in [3.8, 4) is 11.5 Å². The average Bonchev–Trinajstić information content (AvgIpc) is 2.58. The van der Waals surface area contributed by atoms with Crippen LogP contribution in [0.1, 0.15) is 5.56 Å². The zero-order valence-corrected chi connectivity index (χ0v) is 14.0. The van der Waals surface area contributed by atoms with Crippen LogP contribution in [0.4, 0.5) is 5.69 Å². The van der Waals surface area contributed by atoms with E-state index in [0.717, 1.165) is 54.7 Å². The highest BCUT2D eigenvalue weighted by Gasteiger charge is 2.18. The summed E-state index contributed by atoms with van der Waals surface area (Å²) in [7, 11) is 1.65. The molecule has 1 N–H and O–H groups in total. The number of rotatable bonds is 4. The predicted octanol–water partition coefficient (Wildman–Crippen LogP) is 3.38. The highest BCUT2D eigenvalue weighted by atomic mass is 35.5. The van der Waals surface area contributed by atoms with Crippen LogP contribution in [0.25, 0.3) is 0 Å². The molecule has 0 amide bonds. The summed E-state index contributed by atoms with van der Waals surface area (Å²) in [6.07, 6.45) is 0. The first-order valence-electron chi connectivity index (χ1n) is 7.74. The van der Waals surface area contributed by atoms with Gasteiger partial charge in [0, 0.05) is 43.4 Å². The van der Waals surface area contributed by atoms with Crippen molar-refractivity contribution in [2.24, 2.45) is 0 Å². The summed E-state index contributed by atoms with van der Waals surface area (Å²) < 4.78 is 5.19. The Hall–Kier alpha value is -1.91. The number of nitrogens with zero attached hydrogens (tertiary/aromatic N) is 2. The number of anilines is 1. The van der Waals surface area contributed by atoms with E-state index in [1.54, 1.807) is 19.2 Å². The Balaban J connectivity index is 1.58. The molecule has 1 aliphatic heterocycles. The topological polar surface area (TPSA) is 35.9 Å².